The van der Waals surface area contributed by atoms with Gasteiger partial charge in [0.15, 0.2) is 0 Å². The van der Waals surface area contributed by atoms with E-state index in [1.165, 1.54) is 16.0 Å². The number of nitrogens with one attached hydrogen (secondary N) is 1. The van der Waals surface area contributed by atoms with Crippen LogP contribution in [0.15, 0.2) is 48.5 Å². The number of carboxylic acids is 1. The number of carboxylic acid groups (broad SMARTS) is 1. The van der Waals surface area contributed by atoms with Crippen LogP contribution < -0.4 is 5.32 Å². The SMILES string of the molecule is CN(CCC(=O)O)C(=O)C1CCC(CNC(=O)OCC2c3ccccc3-c3ccccc32)O1. The topological polar surface area (TPSA) is 105 Å². The lowest BCUT2D eigenvalue weighted by Crippen LogP contribution is -2.39. The molecule has 2 aliphatic rings. The first-order valence-electron chi connectivity index (χ1n) is 11.1. The van der Waals surface area contributed by atoms with Gasteiger partial charge < -0.3 is 24.8 Å². The van der Waals surface area contributed by atoms with Crippen LogP contribution in [0.4, 0.5) is 4.79 Å². The molecule has 2 aromatic rings. The lowest BCUT2D eigenvalue weighted by molar-refractivity contribution is -0.143. The zero-order valence-corrected chi connectivity index (χ0v) is 18.5. The third kappa shape index (κ3) is 5.17. The van der Waals surface area contributed by atoms with Gasteiger partial charge in [-0.15, -0.1) is 0 Å². The summed E-state index contributed by atoms with van der Waals surface area (Å²) in [6, 6.07) is 16.3. The number of fused-ring (bicyclic) bond motifs is 3. The summed E-state index contributed by atoms with van der Waals surface area (Å²) in [7, 11) is 1.57. The number of benzene rings is 2. The number of carbonyl (C=O) groups is 3. The van der Waals surface area contributed by atoms with Gasteiger partial charge in [0.05, 0.1) is 12.5 Å². The van der Waals surface area contributed by atoms with Crippen LogP contribution in [0.1, 0.15) is 36.3 Å². The predicted molar refractivity (Wildman–Crippen MR) is 121 cm³/mol. The van der Waals surface area contributed by atoms with Crippen LogP contribution in [0.3, 0.4) is 0 Å². The fourth-order valence-electron chi connectivity index (χ4n) is 4.50. The lowest BCUT2D eigenvalue weighted by Gasteiger charge is -2.21. The maximum Gasteiger partial charge on any atom is 0.407 e. The summed E-state index contributed by atoms with van der Waals surface area (Å²) < 4.78 is 11.3. The molecule has 0 bridgehead atoms. The normalized spacial score (nSPS) is 18.9. The van der Waals surface area contributed by atoms with Crippen molar-refractivity contribution >= 4 is 18.0 Å². The number of hydrogen-bond acceptors (Lipinski definition) is 5. The Balaban J connectivity index is 1.24. The summed E-state index contributed by atoms with van der Waals surface area (Å²) in [4.78, 5) is 36.8. The van der Waals surface area contributed by atoms with Crippen molar-refractivity contribution in [3.05, 3.63) is 59.7 Å². The van der Waals surface area contributed by atoms with Crippen molar-refractivity contribution in [1.82, 2.24) is 10.2 Å². The van der Waals surface area contributed by atoms with E-state index in [0.29, 0.717) is 12.8 Å². The Hall–Kier alpha value is -3.39. The van der Waals surface area contributed by atoms with E-state index < -0.39 is 18.2 Å². The Labute approximate surface area is 192 Å². The molecule has 0 saturated carbocycles. The van der Waals surface area contributed by atoms with Gasteiger partial charge in [-0.05, 0) is 35.1 Å². The average molecular weight is 453 g/mol. The minimum Gasteiger partial charge on any atom is -0.481 e. The van der Waals surface area contributed by atoms with Crippen molar-refractivity contribution in [2.75, 3.05) is 26.7 Å². The average Bonchev–Trinajstić information content (AvgIpc) is 3.42. The van der Waals surface area contributed by atoms with Crippen molar-refractivity contribution < 1.29 is 29.0 Å². The van der Waals surface area contributed by atoms with Crippen molar-refractivity contribution in [3.63, 3.8) is 0 Å². The van der Waals surface area contributed by atoms with Gasteiger partial charge in [-0.25, -0.2) is 4.79 Å². The van der Waals surface area contributed by atoms with E-state index >= 15 is 0 Å². The van der Waals surface area contributed by atoms with Gasteiger partial charge in [-0.1, -0.05) is 48.5 Å². The van der Waals surface area contributed by atoms with Crippen molar-refractivity contribution in [3.8, 4) is 11.1 Å². The van der Waals surface area contributed by atoms with E-state index in [4.69, 9.17) is 14.6 Å². The molecule has 1 aliphatic heterocycles. The van der Waals surface area contributed by atoms with Gasteiger partial charge in [0.25, 0.3) is 5.91 Å². The summed E-state index contributed by atoms with van der Waals surface area (Å²) in [6.07, 6.45) is -0.360. The quantitative estimate of drug-likeness (QED) is 0.638. The molecule has 8 heteroatoms. The van der Waals surface area contributed by atoms with E-state index in [-0.39, 0.29) is 44.0 Å². The molecule has 0 spiro atoms. The Bertz CT molecular complexity index is 994. The Kier molecular flexibility index (Phi) is 6.93. The molecule has 2 atom stereocenters. The number of carbonyl (C=O) groups excluding carboxylic acids is 2. The molecule has 8 nitrogen and oxygen atoms in total. The van der Waals surface area contributed by atoms with Crippen LogP contribution in [0.2, 0.25) is 0 Å². The minimum atomic E-state index is -0.952. The number of likely N-dealkylation sites (N-methyl/N-ethyl adjacent to an activating group) is 1. The fourth-order valence-corrected chi connectivity index (χ4v) is 4.50. The monoisotopic (exact) mass is 452 g/mol. The zero-order valence-electron chi connectivity index (χ0n) is 18.5. The number of hydrogen-bond donors (Lipinski definition) is 2. The minimum absolute atomic E-state index is 0.00535. The third-order valence-electron chi connectivity index (χ3n) is 6.24. The van der Waals surface area contributed by atoms with E-state index in [1.807, 2.05) is 24.3 Å². The molecule has 0 radical (unpaired) electrons. The van der Waals surface area contributed by atoms with E-state index in [1.54, 1.807) is 7.05 Å². The molecular formula is C25H28N2O6. The number of alkyl carbamates (subject to hydrolysis) is 1. The van der Waals surface area contributed by atoms with E-state index in [0.717, 1.165) is 11.1 Å². The number of nitrogens with zero attached hydrogens (tertiary/aromatic N) is 1. The van der Waals surface area contributed by atoms with Crippen molar-refractivity contribution in [1.29, 1.82) is 0 Å². The molecule has 174 valence electrons. The van der Waals surface area contributed by atoms with Gasteiger partial charge in [0.2, 0.25) is 0 Å². The molecule has 1 heterocycles. The number of amides is 2. The highest BCUT2D eigenvalue weighted by Gasteiger charge is 2.33. The van der Waals surface area contributed by atoms with E-state index in [9.17, 15) is 14.4 Å². The fraction of sp³-hybridized carbons (Fsp3) is 0.400. The van der Waals surface area contributed by atoms with Crippen LogP contribution in [0.25, 0.3) is 11.1 Å². The highest BCUT2D eigenvalue weighted by atomic mass is 16.5. The van der Waals surface area contributed by atoms with Gasteiger partial charge in [0, 0.05) is 26.1 Å². The number of ether oxygens (including phenoxy) is 2. The molecule has 2 unspecified atom stereocenters. The van der Waals surface area contributed by atoms with Gasteiger partial charge in [0.1, 0.15) is 12.7 Å². The van der Waals surface area contributed by atoms with Crippen molar-refractivity contribution in [2.24, 2.45) is 0 Å². The molecule has 2 N–H and O–H groups in total. The molecule has 2 aromatic carbocycles. The standard InChI is InChI=1S/C25H28N2O6/c1-27(13-12-23(28)29)24(30)22-11-10-16(33-22)14-26-25(31)32-15-21-19-8-4-2-6-17(19)18-7-3-5-9-20(18)21/h2-9,16,21-22H,10-15H2,1H3,(H,26,31)(H,28,29). The second kappa shape index (κ2) is 10.0. The van der Waals surface area contributed by atoms with Crippen molar-refractivity contribution in [2.45, 2.75) is 37.4 Å². The molecule has 1 saturated heterocycles. The highest BCUT2D eigenvalue weighted by Crippen LogP contribution is 2.44. The zero-order chi connectivity index (χ0) is 23.4. The lowest BCUT2D eigenvalue weighted by atomic mass is 9.98. The summed E-state index contributed by atoms with van der Waals surface area (Å²) >= 11 is 0. The Morgan fingerprint density at radius 2 is 1.70 bits per heavy atom. The molecule has 4 rings (SSSR count). The maximum atomic E-state index is 12.4. The molecule has 2 amide bonds. The van der Waals surface area contributed by atoms with Gasteiger partial charge >= 0.3 is 12.1 Å². The first-order chi connectivity index (χ1) is 15.9. The maximum absolute atomic E-state index is 12.4. The number of rotatable bonds is 8. The van der Waals surface area contributed by atoms with Crippen LogP contribution >= 0.6 is 0 Å². The molecule has 0 aromatic heterocycles. The van der Waals surface area contributed by atoms with Crippen LogP contribution in [-0.4, -0.2) is 66.9 Å². The van der Waals surface area contributed by atoms with Gasteiger partial charge in [-0.3, -0.25) is 9.59 Å². The van der Waals surface area contributed by atoms with Crippen LogP contribution in [-0.2, 0) is 19.1 Å². The molecule has 33 heavy (non-hydrogen) atoms. The summed E-state index contributed by atoms with van der Waals surface area (Å²) in [5.74, 6) is -1.19. The Morgan fingerprint density at radius 3 is 2.33 bits per heavy atom. The van der Waals surface area contributed by atoms with E-state index in [2.05, 4.69) is 29.6 Å². The molecule has 1 fully saturated rings. The first-order valence-corrected chi connectivity index (χ1v) is 11.1. The second-order valence-corrected chi connectivity index (χ2v) is 8.43. The second-order valence-electron chi connectivity index (χ2n) is 8.43. The first kappa shape index (κ1) is 22.8. The Morgan fingerprint density at radius 1 is 1.06 bits per heavy atom. The summed E-state index contributed by atoms with van der Waals surface area (Å²) in [5.41, 5.74) is 4.65. The van der Waals surface area contributed by atoms with Crippen LogP contribution in [0, 0.1) is 0 Å². The largest absolute Gasteiger partial charge is 0.481 e. The predicted octanol–water partition coefficient (Wildman–Crippen LogP) is 3.01. The smallest absolute Gasteiger partial charge is 0.407 e. The molecule has 1 aliphatic carbocycles. The third-order valence-corrected chi connectivity index (χ3v) is 6.24. The number of aliphatic carboxylic acids is 1. The molecular weight excluding hydrogens is 424 g/mol. The summed E-state index contributed by atoms with van der Waals surface area (Å²) in [6.45, 7) is 0.622. The summed E-state index contributed by atoms with van der Waals surface area (Å²) in [5, 5.41) is 11.5. The van der Waals surface area contributed by atoms with Crippen LogP contribution in [0.5, 0.6) is 0 Å². The van der Waals surface area contributed by atoms with Gasteiger partial charge in [-0.2, -0.15) is 0 Å². The highest BCUT2D eigenvalue weighted by molar-refractivity contribution is 5.81.